The van der Waals surface area contributed by atoms with Gasteiger partial charge in [0.05, 0.1) is 13.1 Å². The van der Waals surface area contributed by atoms with E-state index in [0.717, 1.165) is 12.8 Å². The number of anilines is 1. The second-order valence-electron chi connectivity index (χ2n) is 7.13. The lowest BCUT2D eigenvalue weighted by atomic mass is 9.90. The second-order valence-corrected chi connectivity index (χ2v) is 7.13. The van der Waals surface area contributed by atoms with Crippen LogP contribution in [0.5, 0.6) is 0 Å². The lowest BCUT2D eigenvalue weighted by molar-refractivity contribution is -0.144. The first-order valence-corrected chi connectivity index (χ1v) is 9.11. The first-order chi connectivity index (χ1) is 13.1. The van der Waals surface area contributed by atoms with Gasteiger partial charge in [-0.05, 0) is 43.2 Å². The van der Waals surface area contributed by atoms with Crippen LogP contribution in [-0.2, 0) is 9.53 Å². The summed E-state index contributed by atoms with van der Waals surface area (Å²) in [6, 6.07) is 15.2. The van der Waals surface area contributed by atoms with Crippen molar-refractivity contribution in [3.63, 3.8) is 0 Å². The quantitative estimate of drug-likeness (QED) is 0.819. The lowest BCUT2D eigenvalue weighted by Crippen LogP contribution is -2.62. The number of carbonyl (C=O) groups excluding carboxylic acids is 2. The molecular weight excluding hydrogens is 347 g/mol. The maximum absolute atomic E-state index is 13.6. The maximum Gasteiger partial charge on any atom is 0.253 e. The summed E-state index contributed by atoms with van der Waals surface area (Å²) >= 11 is 0. The number of rotatable bonds is 2. The van der Waals surface area contributed by atoms with Crippen molar-refractivity contribution in [2.45, 2.75) is 18.4 Å². The number of hydrogen-bond donors (Lipinski definition) is 0. The minimum atomic E-state index is -0.622. The molecule has 2 amide bonds. The number of morpholine rings is 1. The predicted octanol–water partition coefficient (Wildman–Crippen LogP) is 2.86. The molecule has 27 heavy (non-hydrogen) atoms. The van der Waals surface area contributed by atoms with Crippen LogP contribution in [0.25, 0.3) is 0 Å². The van der Waals surface area contributed by atoms with E-state index in [1.54, 1.807) is 34.1 Å². The molecule has 0 N–H and O–H groups in total. The minimum Gasteiger partial charge on any atom is -0.361 e. The first-order valence-electron chi connectivity index (χ1n) is 9.11. The van der Waals surface area contributed by atoms with Gasteiger partial charge in [-0.2, -0.15) is 0 Å². The number of hydrogen-bond acceptors (Lipinski definition) is 3. The molecule has 2 fully saturated rings. The third kappa shape index (κ3) is 3.57. The summed E-state index contributed by atoms with van der Waals surface area (Å²) in [5, 5.41) is 0. The van der Waals surface area contributed by atoms with Crippen LogP contribution < -0.4 is 4.90 Å². The molecule has 5 nitrogen and oxygen atoms in total. The fraction of sp³-hybridized carbons (Fsp3) is 0.333. The Kier molecular flexibility index (Phi) is 4.66. The number of nitrogens with zero attached hydrogens (tertiary/aromatic N) is 2. The van der Waals surface area contributed by atoms with Crippen molar-refractivity contribution in [3.05, 3.63) is 66.0 Å². The summed E-state index contributed by atoms with van der Waals surface area (Å²) in [6.07, 6.45) is 1.55. The first kappa shape index (κ1) is 17.7. The summed E-state index contributed by atoms with van der Waals surface area (Å²) in [4.78, 5) is 28.6. The Morgan fingerprint density at radius 2 is 1.89 bits per heavy atom. The number of amides is 2. The monoisotopic (exact) mass is 368 g/mol. The molecule has 6 heteroatoms. The summed E-state index contributed by atoms with van der Waals surface area (Å²) in [5.74, 6) is -0.615. The van der Waals surface area contributed by atoms with Crippen molar-refractivity contribution in [2.75, 3.05) is 31.1 Å². The lowest BCUT2D eigenvalue weighted by Gasteiger charge is -2.47. The van der Waals surface area contributed by atoms with Crippen molar-refractivity contribution in [1.82, 2.24) is 4.90 Å². The normalized spacial score (nSPS) is 22.9. The molecule has 2 aliphatic rings. The predicted molar refractivity (Wildman–Crippen MR) is 99.0 cm³/mol. The Balaban J connectivity index is 1.55. The Morgan fingerprint density at radius 3 is 2.67 bits per heavy atom. The van der Waals surface area contributed by atoms with E-state index in [2.05, 4.69) is 0 Å². The topological polar surface area (TPSA) is 49.9 Å². The maximum atomic E-state index is 13.6. The largest absolute Gasteiger partial charge is 0.361 e. The summed E-state index contributed by atoms with van der Waals surface area (Å²) in [5.41, 5.74) is 0.542. The van der Waals surface area contributed by atoms with E-state index >= 15 is 0 Å². The number of piperidine rings is 1. The fourth-order valence-electron chi connectivity index (χ4n) is 3.88. The van der Waals surface area contributed by atoms with Crippen LogP contribution in [-0.4, -0.2) is 48.6 Å². The van der Waals surface area contributed by atoms with E-state index < -0.39 is 5.60 Å². The van der Waals surface area contributed by atoms with Crippen LogP contribution in [0.15, 0.2) is 54.6 Å². The van der Waals surface area contributed by atoms with Gasteiger partial charge in [0.1, 0.15) is 18.0 Å². The standard InChI is InChI=1S/C21H21FN2O3/c22-17-8-4-9-18(12-17)24-15-21(27-13-19(24)25)10-5-11-23(14-21)20(26)16-6-2-1-3-7-16/h1-4,6-9,12H,5,10-11,13-15H2. The molecule has 1 spiro atoms. The zero-order chi connectivity index (χ0) is 18.9. The van der Waals surface area contributed by atoms with E-state index in [9.17, 15) is 14.0 Å². The fourth-order valence-corrected chi connectivity index (χ4v) is 3.88. The number of halogens is 1. The van der Waals surface area contributed by atoms with Gasteiger partial charge in [-0.1, -0.05) is 24.3 Å². The molecule has 2 aromatic rings. The average molecular weight is 368 g/mol. The Bertz CT molecular complexity index is 858. The van der Waals surface area contributed by atoms with Gasteiger partial charge in [-0.3, -0.25) is 9.59 Å². The highest BCUT2D eigenvalue weighted by Gasteiger charge is 2.44. The average Bonchev–Trinajstić information content (AvgIpc) is 2.70. The van der Waals surface area contributed by atoms with Gasteiger partial charge in [0.25, 0.3) is 11.8 Å². The van der Waals surface area contributed by atoms with Crippen LogP contribution in [0.3, 0.4) is 0 Å². The Labute approximate surface area is 157 Å². The molecule has 2 heterocycles. The highest BCUT2D eigenvalue weighted by atomic mass is 19.1. The van der Waals surface area contributed by atoms with E-state index in [0.29, 0.717) is 30.9 Å². The van der Waals surface area contributed by atoms with Crippen LogP contribution in [0.1, 0.15) is 23.2 Å². The molecule has 2 saturated heterocycles. The second kappa shape index (κ2) is 7.12. The summed E-state index contributed by atoms with van der Waals surface area (Å²) in [7, 11) is 0. The molecular formula is C21H21FN2O3. The number of likely N-dealkylation sites (tertiary alicyclic amines) is 1. The molecule has 1 atom stereocenters. The van der Waals surface area contributed by atoms with Gasteiger partial charge in [-0.25, -0.2) is 4.39 Å². The molecule has 1 unspecified atom stereocenters. The van der Waals surface area contributed by atoms with Crippen molar-refractivity contribution in [2.24, 2.45) is 0 Å². The molecule has 0 saturated carbocycles. The van der Waals surface area contributed by atoms with Crippen LogP contribution in [0.2, 0.25) is 0 Å². The van der Waals surface area contributed by atoms with Gasteiger partial charge in [0, 0.05) is 17.8 Å². The minimum absolute atomic E-state index is 0.0347. The number of benzene rings is 2. The van der Waals surface area contributed by atoms with Gasteiger partial charge < -0.3 is 14.5 Å². The van der Waals surface area contributed by atoms with E-state index in [4.69, 9.17) is 4.74 Å². The van der Waals surface area contributed by atoms with Gasteiger partial charge in [0.2, 0.25) is 0 Å². The van der Waals surface area contributed by atoms with Crippen LogP contribution >= 0.6 is 0 Å². The van der Waals surface area contributed by atoms with E-state index in [1.165, 1.54) is 12.1 Å². The molecule has 0 aliphatic carbocycles. The molecule has 0 aromatic heterocycles. The molecule has 4 rings (SSSR count). The van der Waals surface area contributed by atoms with E-state index in [-0.39, 0.29) is 24.2 Å². The third-order valence-electron chi connectivity index (χ3n) is 5.22. The number of ether oxygens (including phenoxy) is 1. The zero-order valence-electron chi connectivity index (χ0n) is 14.9. The molecule has 0 radical (unpaired) electrons. The van der Waals surface area contributed by atoms with Crippen LogP contribution in [0, 0.1) is 5.82 Å². The van der Waals surface area contributed by atoms with Crippen molar-refractivity contribution >= 4 is 17.5 Å². The highest BCUT2D eigenvalue weighted by Crippen LogP contribution is 2.32. The summed E-state index contributed by atoms with van der Waals surface area (Å²) in [6.45, 7) is 1.32. The van der Waals surface area contributed by atoms with Gasteiger partial charge in [0.15, 0.2) is 0 Å². The molecule has 0 bridgehead atoms. The Morgan fingerprint density at radius 1 is 1.07 bits per heavy atom. The SMILES string of the molecule is O=C(c1ccccc1)N1CCCC2(C1)CN(c1cccc(F)c1)C(=O)CO2. The number of carbonyl (C=O) groups is 2. The Hall–Kier alpha value is -2.73. The third-order valence-corrected chi connectivity index (χ3v) is 5.22. The smallest absolute Gasteiger partial charge is 0.253 e. The van der Waals surface area contributed by atoms with Crippen molar-refractivity contribution < 1.29 is 18.7 Å². The molecule has 140 valence electrons. The highest BCUT2D eigenvalue weighted by molar-refractivity contribution is 5.96. The van der Waals surface area contributed by atoms with Crippen LogP contribution in [0.4, 0.5) is 10.1 Å². The molecule has 2 aromatic carbocycles. The van der Waals surface area contributed by atoms with Gasteiger partial charge >= 0.3 is 0 Å². The summed E-state index contributed by atoms with van der Waals surface area (Å²) < 4.78 is 19.6. The van der Waals surface area contributed by atoms with Crippen molar-refractivity contribution in [1.29, 1.82) is 0 Å². The van der Waals surface area contributed by atoms with Crippen molar-refractivity contribution in [3.8, 4) is 0 Å². The van der Waals surface area contributed by atoms with Gasteiger partial charge in [-0.15, -0.1) is 0 Å². The zero-order valence-corrected chi connectivity index (χ0v) is 14.9. The molecule has 2 aliphatic heterocycles. The van der Waals surface area contributed by atoms with E-state index in [1.807, 2.05) is 18.2 Å².